The number of hydroxylamine groups is 2. The number of carbonyl (C=O) groups is 3. The van der Waals surface area contributed by atoms with Gasteiger partial charge in [0.05, 0.1) is 19.2 Å². The topological polar surface area (TPSA) is 117 Å². The number of ether oxygens (including phenoxy) is 2. The highest BCUT2D eigenvalue weighted by Gasteiger charge is 2.13. The standard InChI is InChI=1S/C28H33N3O6/c1-36-27(33)16-15-26(32)31(35)18-5-4-17-29-19-21-11-13-22(14-12-21)20-37-28(34)30-25-10-6-8-23-7-2-3-9-24(23)25/h2-3,6-14,29,35H,4-5,15-20H2,1H3,(H,30,34). The van der Waals surface area contributed by atoms with Crippen molar-refractivity contribution >= 4 is 34.4 Å². The van der Waals surface area contributed by atoms with Gasteiger partial charge in [-0.1, -0.05) is 60.7 Å². The Balaban J connectivity index is 1.30. The van der Waals surface area contributed by atoms with Gasteiger partial charge in [0.1, 0.15) is 6.61 Å². The third-order valence-electron chi connectivity index (χ3n) is 5.78. The molecule has 0 saturated heterocycles. The van der Waals surface area contributed by atoms with Gasteiger partial charge < -0.3 is 14.8 Å². The Bertz CT molecular complexity index is 1180. The molecular weight excluding hydrogens is 474 g/mol. The van der Waals surface area contributed by atoms with Crippen LogP contribution in [0.3, 0.4) is 0 Å². The summed E-state index contributed by atoms with van der Waals surface area (Å²) in [6.45, 7) is 1.78. The second-order valence-electron chi connectivity index (χ2n) is 8.52. The van der Waals surface area contributed by atoms with Gasteiger partial charge in [0.2, 0.25) is 5.91 Å². The predicted molar refractivity (Wildman–Crippen MR) is 140 cm³/mol. The zero-order chi connectivity index (χ0) is 26.5. The highest BCUT2D eigenvalue weighted by Crippen LogP contribution is 2.23. The van der Waals surface area contributed by atoms with E-state index in [4.69, 9.17) is 4.74 Å². The van der Waals surface area contributed by atoms with Crippen LogP contribution in [-0.2, 0) is 32.2 Å². The van der Waals surface area contributed by atoms with Crippen molar-refractivity contribution < 1.29 is 29.1 Å². The number of nitrogens with zero attached hydrogens (tertiary/aromatic N) is 1. The maximum absolute atomic E-state index is 12.3. The van der Waals surface area contributed by atoms with E-state index >= 15 is 0 Å². The fourth-order valence-electron chi connectivity index (χ4n) is 3.69. The monoisotopic (exact) mass is 507 g/mol. The fourth-order valence-corrected chi connectivity index (χ4v) is 3.69. The number of esters is 1. The second kappa shape index (κ2) is 14.6. The molecule has 9 heteroatoms. The Hall–Kier alpha value is -3.95. The summed E-state index contributed by atoms with van der Waals surface area (Å²) in [4.78, 5) is 35.1. The van der Waals surface area contributed by atoms with Crippen molar-refractivity contribution in [3.05, 3.63) is 77.9 Å². The van der Waals surface area contributed by atoms with E-state index in [1.807, 2.05) is 66.7 Å². The van der Waals surface area contributed by atoms with E-state index in [0.717, 1.165) is 34.9 Å². The quantitative estimate of drug-likeness (QED) is 0.134. The largest absolute Gasteiger partial charge is 0.469 e. The molecule has 196 valence electrons. The molecule has 2 amide bonds. The maximum atomic E-state index is 12.3. The van der Waals surface area contributed by atoms with E-state index in [1.165, 1.54) is 7.11 Å². The van der Waals surface area contributed by atoms with Gasteiger partial charge in [-0.3, -0.25) is 20.1 Å². The molecule has 0 radical (unpaired) electrons. The van der Waals surface area contributed by atoms with Crippen molar-refractivity contribution in [2.24, 2.45) is 0 Å². The van der Waals surface area contributed by atoms with Gasteiger partial charge in [0, 0.05) is 24.9 Å². The summed E-state index contributed by atoms with van der Waals surface area (Å²) >= 11 is 0. The average Bonchev–Trinajstić information content (AvgIpc) is 2.92. The number of anilines is 1. The molecule has 0 bridgehead atoms. The van der Waals surface area contributed by atoms with E-state index in [-0.39, 0.29) is 26.0 Å². The fraction of sp³-hybridized carbons (Fsp3) is 0.321. The number of unbranched alkanes of at least 4 members (excludes halogenated alkanes) is 1. The van der Waals surface area contributed by atoms with Crippen molar-refractivity contribution in [2.75, 3.05) is 25.5 Å². The van der Waals surface area contributed by atoms with Crippen LogP contribution in [-0.4, -0.2) is 48.4 Å². The van der Waals surface area contributed by atoms with Gasteiger partial charge in [-0.15, -0.1) is 0 Å². The first-order valence-electron chi connectivity index (χ1n) is 12.2. The van der Waals surface area contributed by atoms with E-state index in [2.05, 4.69) is 15.4 Å². The van der Waals surface area contributed by atoms with Crippen LogP contribution in [0.4, 0.5) is 10.5 Å². The third-order valence-corrected chi connectivity index (χ3v) is 5.78. The minimum Gasteiger partial charge on any atom is -0.469 e. The van der Waals surface area contributed by atoms with Crippen molar-refractivity contribution in [3.8, 4) is 0 Å². The normalized spacial score (nSPS) is 10.6. The number of rotatable bonds is 13. The molecule has 0 aromatic heterocycles. The Morgan fingerprint density at radius 1 is 0.892 bits per heavy atom. The van der Waals surface area contributed by atoms with Gasteiger partial charge in [0.15, 0.2) is 0 Å². The minimum atomic E-state index is -0.506. The lowest BCUT2D eigenvalue weighted by atomic mass is 10.1. The van der Waals surface area contributed by atoms with Gasteiger partial charge in [0.25, 0.3) is 0 Å². The van der Waals surface area contributed by atoms with Gasteiger partial charge >= 0.3 is 12.1 Å². The molecule has 3 rings (SSSR count). The summed E-state index contributed by atoms with van der Waals surface area (Å²) in [5, 5.41) is 18.5. The lowest BCUT2D eigenvalue weighted by Gasteiger charge is -2.14. The highest BCUT2D eigenvalue weighted by atomic mass is 16.5. The van der Waals surface area contributed by atoms with Gasteiger partial charge in [-0.05, 0) is 42.0 Å². The van der Waals surface area contributed by atoms with Crippen LogP contribution < -0.4 is 10.6 Å². The molecule has 0 aliphatic heterocycles. The number of nitrogens with one attached hydrogen (secondary N) is 2. The van der Waals surface area contributed by atoms with Crippen LogP contribution in [0.25, 0.3) is 10.8 Å². The molecule has 3 N–H and O–H groups in total. The average molecular weight is 508 g/mol. The zero-order valence-corrected chi connectivity index (χ0v) is 20.9. The van der Waals surface area contributed by atoms with Crippen LogP contribution in [0.1, 0.15) is 36.8 Å². The van der Waals surface area contributed by atoms with Crippen LogP contribution in [0.2, 0.25) is 0 Å². The first kappa shape index (κ1) is 27.6. The van der Waals surface area contributed by atoms with E-state index < -0.39 is 18.0 Å². The molecule has 0 aliphatic carbocycles. The Morgan fingerprint density at radius 3 is 2.41 bits per heavy atom. The molecule has 0 heterocycles. The Morgan fingerprint density at radius 2 is 1.62 bits per heavy atom. The van der Waals surface area contributed by atoms with Crippen LogP contribution in [0.15, 0.2) is 66.7 Å². The number of hydrogen-bond acceptors (Lipinski definition) is 7. The molecule has 0 spiro atoms. The predicted octanol–water partition coefficient (Wildman–Crippen LogP) is 4.63. The molecule has 0 saturated carbocycles. The van der Waals surface area contributed by atoms with E-state index in [9.17, 15) is 19.6 Å². The summed E-state index contributed by atoms with van der Waals surface area (Å²) in [5.74, 6) is -0.970. The number of hydrogen-bond donors (Lipinski definition) is 3. The molecule has 0 aliphatic rings. The number of benzene rings is 3. The smallest absolute Gasteiger partial charge is 0.411 e. The molecule has 3 aromatic carbocycles. The van der Waals surface area contributed by atoms with Crippen molar-refractivity contribution in [3.63, 3.8) is 0 Å². The summed E-state index contributed by atoms with van der Waals surface area (Å²) in [6.07, 6.45) is 0.784. The lowest BCUT2D eigenvalue weighted by Crippen LogP contribution is -2.29. The summed E-state index contributed by atoms with van der Waals surface area (Å²) < 4.78 is 9.86. The van der Waals surface area contributed by atoms with Crippen molar-refractivity contribution in [1.82, 2.24) is 10.4 Å². The van der Waals surface area contributed by atoms with Crippen molar-refractivity contribution in [1.29, 1.82) is 0 Å². The number of fused-ring (bicyclic) bond motifs is 1. The van der Waals surface area contributed by atoms with Crippen LogP contribution in [0, 0.1) is 0 Å². The highest BCUT2D eigenvalue weighted by molar-refractivity contribution is 6.00. The minimum absolute atomic E-state index is 0.0445. The molecule has 0 atom stereocenters. The Labute approximate surface area is 216 Å². The summed E-state index contributed by atoms with van der Waals surface area (Å²) in [6, 6.07) is 21.4. The van der Waals surface area contributed by atoms with E-state index in [0.29, 0.717) is 23.7 Å². The summed E-state index contributed by atoms with van der Waals surface area (Å²) in [5.41, 5.74) is 2.68. The van der Waals surface area contributed by atoms with Crippen molar-refractivity contribution in [2.45, 2.75) is 38.8 Å². The van der Waals surface area contributed by atoms with Crippen LogP contribution >= 0.6 is 0 Å². The third kappa shape index (κ3) is 9.21. The molecule has 37 heavy (non-hydrogen) atoms. The zero-order valence-electron chi connectivity index (χ0n) is 20.9. The molecule has 0 unspecified atom stereocenters. The summed E-state index contributed by atoms with van der Waals surface area (Å²) in [7, 11) is 1.26. The molecule has 0 fully saturated rings. The van der Waals surface area contributed by atoms with Gasteiger partial charge in [-0.25, -0.2) is 9.86 Å². The number of carbonyl (C=O) groups excluding carboxylic acids is 3. The van der Waals surface area contributed by atoms with E-state index in [1.54, 1.807) is 0 Å². The van der Waals surface area contributed by atoms with Gasteiger partial charge in [-0.2, -0.15) is 0 Å². The second-order valence-corrected chi connectivity index (χ2v) is 8.52. The first-order chi connectivity index (χ1) is 18.0. The lowest BCUT2D eigenvalue weighted by molar-refractivity contribution is -0.167. The number of amides is 2. The first-order valence-corrected chi connectivity index (χ1v) is 12.2. The molecular formula is C28H33N3O6. The maximum Gasteiger partial charge on any atom is 0.411 e. The SMILES string of the molecule is COC(=O)CCC(=O)N(O)CCCCNCc1ccc(COC(=O)Nc2cccc3ccccc23)cc1. The molecule has 3 aromatic rings. The van der Waals surface area contributed by atoms with Crippen LogP contribution in [0.5, 0.6) is 0 Å². The Kier molecular flexibility index (Phi) is 10.9. The molecule has 9 nitrogen and oxygen atoms in total. The number of methoxy groups -OCH3 is 1.